The molecule has 1 heterocycles. The van der Waals surface area contributed by atoms with E-state index in [9.17, 15) is 28.1 Å². The van der Waals surface area contributed by atoms with E-state index in [1.165, 1.54) is 0 Å². The summed E-state index contributed by atoms with van der Waals surface area (Å²) in [5.41, 5.74) is 2.13. The van der Waals surface area contributed by atoms with E-state index in [1.807, 2.05) is 0 Å². The summed E-state index contributed by atoms with van der Waals surface area (Å²) >= 11 is 2.86. The van der Waals surface area contributed by atoms with Crippen molar-refractivity contribution in [3.63, 3.8) is 0 Å². The lowest BCUT2D eigenvalue weighted by Gasteiger charge is -2.14. The molecule has 2 rings (SSSR count). The Morgan fingerprint density at radius 3 is 2.54 bits per heavy atom. The highest BCUT2D eigenvalue weighted by Gasteiger charge is 2.36. The predicted octanol–water partition coefficient (Wildman–Crippen LogP) is 3.41. The Morgan fingerprint density at radius 2 is 2.08 bits per heavy atom. The molecule has 0 aliphatic heterocycles. The number of nitro benzene ring substituents is 1. The SMILES string of the molecule is COC(=O)c1c(N)c(C#N)cn1-c1c(Br)cc(C(F)(F)F)cc1[N+](=O)[O-]. The van der Waals surface area contributed by atoms with Crippen LogP contribution in [0.25, 0.3) is 5.69 Å². The van der Waals surface area contributed by atoms with Gasteiger partial charge in [-0.25, -0.2) is 4.79 Å². The molecule has 0 saturated heterocycles. The number of rotatable bonds is 3. The maximum absolute atomic E-state index is 12.9. The molecule has 2 aromatic rings. The van der Waals surface area contributed by atoms with Crippen molar-refractivity contribution in [3.05, 3.63) is 49.7 Å². The monoisotopic (exact) mass is 432 g/mol. The number of nitriles is 1. The van der Waals surface area contributed by atoms with Crippen LogP contribution in [0, 0.1) is 21.4 Å². The molecule has 1 aromatic carbocycles. The number of aromatic nitrogens is 1. The standard InChI is InChI=1S/C14H8BrF3N4O4/c1-26-13(23)12-10(20)6(4-19)5-21(12)11-8(15)2-7(14(16,17)18)3-9(11)22(24)25/h2-3,5H,20H2,1H3. The number of methoxy groups -OCH3 is 1. The van der Waals surface area contributed by atoms with Crippen LogP contribution in [0.1, 0.15) is 21.6 Å². The number of nitro groups is 1. The van der Waals surface area contributed by atoms with Gasteiger partial charge in [0.1, 0.15) is 11.8 Å². The summed E-state index contributed by atoms with van der Waals surface area (Å²) in [6.07, 6.45) is -3.83. The van der Waals surface area contributed by atoms with Gasteiger partial charge in [0.05, 0.1) is 28.8 Å². The second-order valence-corrected chi connectivity index (χ2v) is 5.71. The van der Waals surface area contributed by atoms with E-state index in [1.54, 1.807) is 6.07 Å². The molecule has 26 heavy (non-hydrogen) atoms. The van der Waals surface area contributed by atoms with Crippen molar-refractivity contribution in [2.45, 2.75) is 6.18 Å². The second-order valence-electron chi connectivity index (χ2n) is 4.86. The molecule has 0 spiro atoms. The number of halogens is 4. The fourth-order valence-electron chi connectivity index (χ4n) is 2.22. The normalized spacial score (nSPS) is 11.1. The van der Waals surface area contributed by atoms with Crippen molar-refractivity contribution in [2.24, 2.45) is 0 Å². The highest BCUT2D eigenvalue weighted by molar-refractivity contribution is 9.10. The van der Waals surface area contributed by atoms with E-state index < -0.39 is 39.7 Å². The molecule has 0 unspecified atom stereocenters. The van der Waals surface area contributed by atoms with Gasteiger partial charge >= 0.3 is 12.1 Å². The zero-order valence-corrected chi connectivity index (χ0v) is 14.4. The van der Waals surface area contributed by atoms with E-state index in [0.29, 0.717) is 12.1 Å². The first-order valence-electron chi connectivity index (χ1n) is 6.57. The van der Waals surface area contributed by atoms with Crippen LogP contribution in [0.3, 0.4) is 0 Å². The number of ether oxygens (including phenoxy) is 1. The van der Waals surface area contributed by atoms with Crippen molar-refractivity contribution < 1.29 is 27.6 Å². The van der Waals surface area contributed by atoms with Gasteiger partial charge in [0.2, 0.25) is 0 Å². The zero-order valence-electron chi connectivity index (χ0n) is 12.8. The minimum absolute atomic E-state index is 0.202. The molecule has 12 heteroatoms. The van der Waals surface area contributed by atoms with Crippen LogP contribution in [0.5, 0.6) is 0 Å². The van der Waals surface area contributed by atoms with Crippen molar-refractivity contribution in [1.82, 2.24) is 4.57 Å². The minimum Gasteiger partial charge on any atom is -0.464 e. The van der Waals surface area contributed by atoms with Gasteiger partial charge in [0, 0.05) is 16.7 Å². The van der Waals surface area contributed by atoms with Gasteiger partial charge < -0.3 is 15.0 Å². The molecule has 0 fully saturated rings. The summed E-state index contributed by atoms with van der Waals surface area (Å²) < 4.78 is 43.9. The Hall–Kier alpha value is -3.07. The molecule has 136 valence electrons. The van der Waals surface area contributed by atoms with E-state index in [0.717, 1.165) is 17.9 Å². The minimum atomic E-state index is -4.83. The van der Waals surface area contributed by atoms with Gasteiger partial charge in [-0.3, -0.25) is 10.1 Å². The van der Waals surface area contributed by atoms with Gasteiger partial charge in [-0.05, 0) is 22.0 Å². The third-order valence-electron chi connectivity index (χ3n) is 3.35. The predicted molar refractivity (Wildman–Crippen MR) is 85.6 cm³/mol. The topological polar surface area (TPSA) is 124 Å². The number of hydrogen-bond donors (Lipinski definition) is 1. The Kier molecular flexibility index (Phi) is 4.95. The maximum Gasteiger partial charge on any atom is 0.416 e. The summed E-state index contributed by atoms with van der Waals surface area (Å²) in [6, 6.07) is 2.63. The molecule has 1 aromatic heterocycles. The largest absolute Gasteiger partial charge is 0.464 e. The Balaban J connectivity index is 2.92. The van der Waals surface area contributed by atoms with Crippen molar-refractivity contribution >= 4 is 33.3 Å². The number of carbonyl (C=O) groups excluding carboxylic acids is 1. The molecule has 0 radical (unpaired) electrons. The highest BCUT2D eigenvalue weighted by atomic mass is 79.9. The van der Waals surface area contributed by atoms with Crippen molar-refractivity contribution in [3.8, 4) is 11.8 Å². The maximum atomic E-state index is 12.9. The van der Waals surface area contributed by atoms with E-state index in [-0.39, 0.29) is 15.7 Å². The van der Waals surface area contributed by atoms with Crippen LogP contribution in [-0.4, -0.2) is 22.6 Å². The fraction of sp³-hybridized carbons (Fsp3) is 0.143. The third-order valence-corrected chi connectivity index (χ3v) is 3.96. The van der Waals surface area contributed by atoms with Crippen LogP contribution in [0.2, 0.25) is 0 Å². The van der Waals surface area contributed by atoms with Crippen molar-refractivity contribution in [2.75, 3.05) is 12.8 Å². The molecule has 0 saturated carbocycles. The lowest BCUT2D eigenvalue weighted by molar-refractivity contribution is -0.384. The number of nitrogen functional groups attached to an aromatic ring is 1. The number of carbonyl (C=O) groups is 1. The summed E-state index contributed by atoms with van der Waals surface area (Å²) in [7, 11) is 1.02. The number of alkyl halides is 3. The molecular formula is C14H8BrF3N4O4. The van der Waals surface area contributed by atoms with Crippen LogP contribution in [-0.2, 0) is 10.9 Å². The Labute approximate surface area is 151 Å². The van der Waals surface area contributed by atoms with E-state index >= 15 is 0 Å². The van der Waals surface area contributed by atoms with Gasteiger partial charge in [-0.15, -0.1) is 0 Å². The first kappa shape index (κ1) is 19.3. The smallest absolute Gasteiger partial charge is 0.416 e. The quantitative estimate of drug-likeness (QED) is 0.450. The number of esters is 1. The summed E-state index contributed by atoms with van der Waals surface area (Å²) in [5, 5.41) is 20.4. The van der Waals surface area contributed by atoms with Gasteiger partial charge in [0.15, 0.2) is 5.69 Å². The van der Waals surface area contributed by atoms with Crippen molar-refractivity contribution in [1.29, 1.82) is 5.26 Å². The van der Waals surface area contributed by atoms with Crippen LogP contribution < -0.4 is 5.73 Å². The van der Waals surface area contributed by atoms with Crippen LogP contribution in [0.15, 0.2) is 22.8 Å². The molecule has 0 aliphatic carbocycles. The third kappa shape index (κ3) is 3.21. The molecule has 0 bridgehead atoms. The second kappa shape index (κ2) is 6.68. The number of nitrogens with two attached hydrogens (primary N) is 1. The zero-order chi connectivity index (χ0) is 19.8. The number of nitrogens with zero attached hydrogens (tertiary/aromatic N) is 3. The average molecular weight is 433 g/mol. The summed E-state index contributed by atoms with van der Waals surface area (Å²) in [6.45, 7) is 0. The first-order chi connectivity index (χ1) is 12.0. The number of hydrogen-bond acceptors (Lipinski definition) is 6. The number of anilines is 1. The molecule has 0 aliphatic rings. The molecular weight excluding hydrogens is 425 g/mol. The highest BCUT2D eigenvalue weighted by Crippen LogP contribution is 2.40. The molecule has 0 amide bonds. The van der Waals surface area contributed by atoms with Gasteiger partial charge in [-0.2, -0.15) is 18.4 Å². The summed E-state index contributed by atoms with van der Waals surface area (Å²) in [5.74, 6) is -1.02. The average Bonchev–Trinajstić information content (AvgIpc) is 2.88. The Bertz CT molecular complexity index is 963. The van der Waals surface area contributed by atoms with Gasteiger partial charge in [0.25, 0.3) is 5.69 Å². The summed E-state index contributed by atoms with van der Waals surface area (Å²) in [4.78, 5) is 22.3. The molecule has 0 atom stereocenters. The lowest BCUT2D eigenvalue weighted by Crippen LogP contribution is -2.14. The van der Waals surface area contributed by atoms with Crippen LogP contribution >= 0.6 is 15.9 Å². The Morgan fingerprint density at radius 1 is 1.46 bits per heavy atom. The van der Waals surface area contributed by atoms with Gasteiger partial charge in [-0.1, -0.05) is 0 Å². The van der Waals surface area contributed by atoms with Crippen LogP contribution in [0.4, 0.5) is 24.5 Å². The first-order valence-corrected chi connectivity index (χ1v) is 7.37. The van der Waals surface area contributed by atoms with E-state index in [4.69, 9.17) is 11.0 Å². The fourth-order valence-corrected chi connectivity index (χ4v) is 2.86. The number of benzene rings is 1. The molecule has 2 N–H and O–H groups in total. The van der Waals surface area contributed by atoms with E-state index in [2.05, 4.69) is 20.7 Å². The molecule has 8 nitrogen and oxygen atoms in total. The lowest BCUT2D eigenvalue weighted by atomic mass is 10.1.